The van der Waals surface area contributed by atoms with Gasteiger partial charge >= 0.3 is 0 Å². The first-order valence-corrected chi connectivity index (χ1v) is 6.04. The summed E-state index contributed by atoms with van der Waals surface area (Å²) in [4.78, 5) is 0. The maximum Gasteiger partial charge on any atom is 0.165 e. The minimum absolute atomic E-state index is 0.273. The number of hydrogen-bond acceptors (Lipinski definition) is 3. The van der Waals surface area contributed by atoms with Crippen molar-refractivity contribution in [2.24, 2.45) is 5.73 Å². The highest BCUT2D eigenvalue weighted by atomic mass is 19.1. The number of ether oxygens (including phenoxy) is 1. The van der Waals surface area contributed by atoms with Crippen LogP contribution in [0.1, 0.15) is 25.7 Å². The van der Waals surface area contributed by atoms with E-state index < -0.39 is 0 Å². The molecule has 94 valence electrons. The Bertz CT molecular complexity index is 384. The van der Waals surface area contributed by atoms with Crippen molar-refractivity contribution in [1.82, 2.24) is 0 Å². The van der Waals surface area contributed by atoms with Crippen LogP contribution in [0, 0.1) is 5.82 Å². The van der Waals surface area contributed by atoms with E-state index in [2.05, 4.69) is 5.32 Å². The summed E-state index contributed by atoms with van der Waals surface area (Å²) in [5.74, 6) is -0.0616. The molecule has 0 spiro atoms. The minimum atomic E-state index is -0.335. The van der Waals surface area contributed by atoms with Crippen LogP contribution in [0.25, 0.3) is 0 Å². The molecule has 2 rings (SSSR count). The Balaban J connectivity index is 2.02. The molecule has 3 nitrogen and oxygen atoms in total. The molecule has 1 fully saturated rings. The van der Waals surface area contributed by atoms with E-state index in [0.717, 1.165) is 31.4 Å². The van der Waals surface area contributed by atoms with Crippen molar-refractivity contribution >= 4 is 5.69 Å². The second-order valence-electron chi connectivity index (χ2n) is 4.62. The standard InChI is InChI=1S/C13H19FN2O/c1-17-13-8-11(5-6-12(13)14)16-10-4-2-3-9(15)7-10/h5-6,8-10,16H,2-4,7,15H2,1H3. The number of nitrogens with one attached hydrogen (secondary N) is 1. The van der Waals surface area contributed by atoms with Crippen molar-refractivity contribution in [2.75, 3.05) is 12.4 Å². The lowest BCUT2D eigenvalue weighted by atomic mass is 9.91. The van der Waals surface area contributed by atoms with E-state index in [4.69, 9.17) is 10.5 Å². The molecule has 0 amide bonds. The molecule has 0 radical (unpaired) electrons. The highest BCUT2D eigenvalue weighted by molar-refractivity contribution is 5.49. The number of rotatable bonds is 3. The van der Waals surface area contributed by atoms with E-state index in [1.807, 2.05) is 0 Å². The number of methoxy groups -OCH3 is 1. The van der Waals surface area contributed by atoms with Gasteiger partial charge in [0, 0.05) is 23.8 Å². The molecule has 17 heavy (non-hydrogen) atoms. The van der Waals surface area contributed by atoms with Crippen LogP contribution in [0.3, 0.4) is 0 Å². The maximum atomic E-state index is 13.2. The average Bonchev–Trinajstić information content (AvgIpc) is 2.32. The van der Waals surface area contributed by atoms with Gasteiger partial charge in [0.15, 0.2) is 11.6 Å². The van der Waals surface area contributed by atoms with Gasteiger partial charge in [0.1, 0.15) is 0 Å². The van der Waals surface area contributed by atoms with Crippen LogP contribution in [0.5, 0.6) is 5.75 Å². The molecule has 0 aliphatic heterocycles. The third-order valence-electron chi connectivity index (χ3n) is 3.24. The molecule has 4 heteroatoms. The second-order valence-corrected chi connectivity index (χ2v) is 4.62. The van der Waals surface area contributed by atoms with Crippen molar-refractivity contribution in [2.45, 2.75) is 37.8 Å². The number of benzene rings is 1. The molecule has 1 aromatic carbocycles. The zero-order valence-corrected chi connectivity index (χ0v) is 10.1. The van der Waals surface area contributed by atoms with Gasteiger partial charge < -0.3 is 15.8 Å². The molecule has 0 bridgehead atoms. The largest absolute Gasteiger partial charge is 0.494 e. The Labute approximate surface area is 101 Å². The van der Waals surface area contributed by atoms with Gasteiger partial charge in [-0.05, 0) is 37.8 Å². The highest BCUT2D eigenvalue weighted by Gasteiger charge is 2.19. The molecule has 1 saturated carbocycles. The van der Waals surface area contributed by atoms with Crippen molar-refractivity contribution in [3.8, 4) is 5.75 Å². The van der Waals surface area contributed by atoms with Crippen molar-refractivity contribution in [1.29, 1.82) is 0 Å². The molecule has 1 aliphatic rings. The van der Waals surface area contributed by atoms with Gasteiger partial charge in [-0.25, -0.2) is 4.39 Å². The summed E-state index contributed by atoms with van der Waals surface area (Å²) >= 11 is 0. The Morgan fingerprint density at radius 1 is 1.41 bits per heavy atom. The fourth-order valence-corrected chi connectivity index (χ4v) is 2.34. The second kappa shape index (κ2) is 5.36. The summed E-state index contributed by atoms with van der Waals surface area (Å²) in [6.45, 7) is 0. The summed E-state index contributed by atoms with van der Waals surface area (Å²) < 4.78 is 18.2. The third-order valence-corrected chi connectivity index (χ3v) is 3.24. The molecule has 3 N–H and O–H groups in total. The zero-order chi connectivity index (χ0) is 12.3. The fraction of sp³-hybridized carbons (Fsp3) is 0.538. The van der Waals surface area contributed by atoms with Crippen LogP contribution >= 0.6 is 0 Å². The molecular weight excluding hydrogens is 219 g/mol. The predicted molar refractivity (Wildman–Crippen MR) is 66.8 cm³/mol. The molecule has 1 aliphatic carbocycles. The van der Waals surface area contributed by atoms with E-state index in [1.54, 1.807) is 12.1 Å². The first-order valence-electron chi connectivity index (χ1n) is 6.04. The Kier molecular flexibility index (Phi) is 3.84. The molecular formula is C13H19FN2O. The van der Waals surface area contributed by atoms with Gasteiger partial charge in [0.25, 0.3) is 0 Å². The van der Waals surface area contributed by atoms with Gasteiger partial charge in [-0.3, -0.25) is 0 Å². The van der Waals surface area contributed by atoms with Crippen molar-refractivity contribution in [3.05, 3.63) is 24.0 Å². The summed E-state index contributed by atoms with van der Waals surface area (Å²) in [7, 11) is 1.47. The van der Waals surface area contributed by atoms with Gasteiger partial charge in [0.05, 0.1) is 7.11 Å². The Hall–Kier alpha value is -1.29. The summed E-state index contributed by atoms with van der Waals surface area (Å²) in [5.41, 5.74) is 6.83. The number of hydrogen-bond donors (Lipinski definition) is 2. The maximum absolute atomic E-state index is 13.2. The molecule has 2 unspecified atom stereocenters. The molecule has 0 aromatic heterocycles. The summed E-state index contributed by atoms with van der Waals surface area (Å²) in [5, 5.41) is 3.39. The van der Waals surface area contributed by atoms with E-state index in [9.17, 15) is 4.39 Å². The van der Waals surface area contributed by atoms with Crippen LogP contribution < -0.4 is 15.8 Å². The monoisotopic (exact) mass is 238 g/mol. The Morgan fingerprint density at radius 3 is 2.94 bits per heavy atom. The first kappa shape index (κ1) is 12.2. The molecule has 0 saturated heterocycles. The lowest BCUT2D eigenvalue weighted by Gasteiger charge is -2.28. The normalized spacial score (nSPS) is 24.4. The van der Waals surface area contributed by atoms with Crippen molar-refractivity contribution in [3.63, 3.8) is 0 Å². The van der Waals surface area contributed by atoms with Crippen LogP contribution in [-0.2, 0) is 0 Å². The van der Waals surface area contributed by atoms with Gasteiger partial charge in [-0.15, -0.1) is 0 Å². The molecule has 1 aromatic rings. The third kappa shape index (κ3) is 3.09. The van der Waals surface area contributed by atoms with E-state index in [-0.39, 0.29) is 17.6 Å². The zero-order valence-electron chi connectivity index (χ0n) is 10.1. The van der Waals surface area contributed by atoms with Crippen LogP contribution in [-0.4, -0.2) is 19.2 Å². The van der Waals surface area contributed by atoms with Gasteiger partial charge in [-0.1, -0.05) is 0 Å². The van der Waals surface area contributed by atoms with E-state index in [1.165, 1.54) is 13.2 Å². The van der Waals surface area contributed by atoms with Gasteiger partial charge in [-0.2, -0.15) is 0 Å². The highest BCUT2D eigenvalue weighted by Crippen LogP contribution is 2.25. The molecule has 2 atom stereocenters. The van der Waals surface area contributed by atoms with Crippen LogP contribution in [0.15, 0.2) is 18.2 Å². The van der Waals surface area contributed by atoms with E-state index in [0.29, 0.717) is 6.04 Å². The molecule has 0 heterocycles. The van der Waals surface area contributed by atoms with Gasteiger partial charge in [0.2, 0.25) is 0 Å². The first-order chi connectivity index (χ1) is 8.19. The fourth-order valence-electron chi connectivity index (χ4n) is 2.34. The summed E-state index contributed by atoms with van der Waals surface area (Å²) in [6.07, 6.45) is 4.34. The average molecular weight is 238 g/mol. The predicted octanol–water partition coefficient (Wildman–Crippen LogP) is 2.52. The summed E-state index contributed by atoms with van der Waals surface area (Å²) in [6, 6.07) is 5.51. The lowest BCUT2D eigenvalue weighted by Crippen LogP contribution is -2.34. The van der Waals surface area contributed by atoms with E-state index >= 15 is 0 Å². The smallest absolute Gasteiger partial charge is 0.165 e. The van der Waals surface area contributed by atoms with Crippen LogP contribution in [0.4, 0.5) is 10.1 Å². The number of halogens is 1. The SMILES string of the molecule is COc1cc(NC2CCCC(N)C2)ccc1F. The minimum Gasteiger partial charge on any atom is -0.494 e. The Morgan fingerprint density at radius 2 is 2.24 bits per heavy atom. The number of anilines is 1. The van der Waals surface area contributed by atoms with Crippen molar-refractivity contribution < 1.29 is 9.13 Å². The topological polar surface area (TPSA) is 47.3 Å². The van der Waals surface area contributed by atoms with Crippen LogP contribution in [0.2, 0.25) is 0 Å². The lowest BCUT2D eigenvalue weighted by molar-refractivity contribution is 0.386. The number of nitrogens with two attached hydrogens (primary N) is 1. The quantitative estimate of drug-likeness (QED) is 0.850.